The van der Waals surface area contributed by atoms with E-state index in [9.17, 15) is 9.59 Å². The fourth-order valence-corrected chi connectivity index (χ4v) is 3.43. The Labute approximate surface area is 205 Å². The number of nitrogens with two attached hydrogens (primary N) is 1. The summed E-state index contributed by atoms with van der Waals surface area (Å²) in [6.45, 7) is -0.00266. The fourth-order valence-electron chi connectivity index (χ4n) is 3.43. The molecule has 0 saturated heterocycles. The van der Waals surface area contributed by atoms with Crippen molar-refractivity contribution in [3.05, 3.63) is 72.4 Å². The van der Waals surface area contributed by atoms with Gasteiger partial charge in [-0.2, -0.15) is 4.98 Å². The van der Waals surface area contributed by atoms with Gasteiger partial charge in [-0.25, -0.2) is 9.78 Å². The van der Waals surface area contributed by atoms with Crippen LogP contribution in [0.2, 0.25) is 0 Å². The molecule has 0 bridgehead atoms. The Bertz CT molecular complexity index is 1410. The fraction of sp³-hybridized carbons (Fsp3) is 0.120. The minimum atomic E-state index is -0.908. The highest BCUT2D eigenvalue weighted by Crippen LogP contribution is 2.35. The van der Waals surface area contributed by atoms with Crippen LogP contribution in [0.3, 0.4) is 0 Å². The molecule has 4 rings (SSSR count). The summed E-state index contributed by atoms with van der Waals surface area (Å²) in [4.78, 5) is 32.0. The topological polar surface area (TPSA) is 158 Å². The molecule has 11 nitrogen and oxygen atoms in total. The molecule has 3 aromatic carbocycles. The Morgan fingerprint density at radius 2 is 1.75 bits per heavy atom. The molecule has 0 unspecified atom stereocenters. The molecule has 5 N–H and O–H groups in total. The highest BCUT2D eigenvalue weighted by atomic mass is 16.5. The van der Waals surface area contributed by atoms with Crippen molar-refractivity contribution in [2.75, 3.05) is 25.6 Å². The van der Waals surface area contributed by atoms with Gasteiger partial charge in [-0.15, -0.1) is 0 Å². The molecule has 2 amide bonds. The lowest BCUT2D eigenvalue weighted by molar-refractivity contribution is 0.0944. The molecule has 0 saturated carbocycles. The van der Waals surface area contributed by atoms with Gasteiger partial charge in [-0.1, -0.05) is 24.3 Å². The van der Waals surface area contributed by atoms with Gasteiger partial charge in [0.2, 0.25) is 11.8 Å². The maximum absolute atomic E-state index is 12.2. The molecular weight excluding hydrogens is 466 g/mol. The quantitative estimate of drug-likeness (QED) is 0.277. The zero-order chi connectivity index (χ0) is 25.5. The number of fused-ring (bicyclic) bond motifs is 1. The van der Waals surface area contributed by atoms with Crippen molar-refractivity contribution in [1.29, 1.82) is 0 Å². The number of nitrogens with one attached hydrogen (secondary N) is 2. The third-order valence-electron chi connectivity index (χ3n) is 5.01. The van der Waals surface area contributed by atoms with Crippen molar-refractivity contribution in [2.45, 2.75) is 0 Å². The second-order valence-corrected chi connectivity index (χ2v) is 7.37. The van der Waals surface area contributed by atoms with E-state index in [-0.39, 0.29) is 30.9 Å². The Balaban J connectivity index is 1.56. The van der Waals surface area contributed by atoms with Gasteiger partial charge in [0.05, 0.1) is 19.4 Å². The monoisotopic (exact) mass is 489 g/mol. The lowest BCUT2D eigenvalue weighted by Crippen LogP contribution is -2.26. The third-order valence-corrected chi connectivity index (χ3v) is 5.01. The van der Waals surface area contributed by atoms with Gasteiger partial charge in [0, 0.05) is 35.1 Å². The number of anilines is 2. The zero-order valence-corrected chi connectivity index (χ0v) is 19.2. The number of primary amides is 1. The zero-order valence-electron chi connectivity index (χ0n) is 19.2. The van der Waals surface area contributed by atoms with Crippen LogP contribution in [0.5, 0.6) is 23.1 Å². The largest absolute Gasteiger partial charge is 0.495 e. The van der Waals surface area contributed by atoms with Gasteiger partial charge >= 0.3 is 6.09 Å². The van der Waals surface area contributed by atoms with E-state index >= 15 is 0 Å². The normalized spacial score (nSPS) is 10.5. The average molecular weight is 489 g/mol. The molecule has 0 aliphatic heterocycles. The van der Waals surface area contributed by atoms with Crippen molar-refractivity contribution < 1.29 is 28.9 Å². The minimum Gasteiger partial charge on any atom is -0.495 e. The van der Waals surface area contributed by atoms with Crippen molar-refractivity contribution in [3.63, 3.8) is 0 Å². The van der Waals surface area contributed by atoms with Crippen LogP contribution in [-0.4, -0.2) is 47.3 Å². The van der Waals surface area contributed by atoms with E-state index in [0.717, 1.165) is 0 Å². The van der Waals surface area contributed by atoms with Gasteiger partial charge in [0.15, 0.2) is 0 Å². The molecule has 0 spiro atoms. The van der Waals surface area contributed by atoms with Crippen molar-refractivity contribution in [1.82, 2.24) is 15.3 Å². The highest BCUT2D eigenvalue weighted by molar-refractivity contribution is 5.96. The molecule has 0 radical (unpaired) electrons. The lowest BCUT2D eigenvalue weighted by atomic mass is 10.1. The van der Waals surface area contributed by atoms with Gasteiger partial charge < -0.3 is 35.7 Å². The van der Waals surface area contributed by atoms with Crippen LogP contribution in [0.4, 0.5) is 16.4 Å². The lowest BCUT2D eigenvalue weighted by Gasteiger charge is -2.13. The van der Waals surface area contributed by atoms with Crippen LogP contribution in [0.1, 0.15) is 10.4 Å². The number of ether oxygens (including phenoxy) is 3. The number of carbonyl (C=O) groups excluding carboxylic acids is 2. The summed E-state index contributed by atoms with van der Waals surface area (Å²) in [7, 11) is 1.48. The van der Waals surface area contributed by atoms with Gasteiger partial charge in [0.25, 0.3) is 5.91 Å². The number of benzene rings is 3. The van der Waals surface area contributed by atoms with Gasteiger partial charge in [-0.05, 0) is 30.3 Å². The van der Waals surface area contributed by atoms with Crippen LogP contribution in [0.15, 0.2) is 66.9 Å². The maximum Gasteiger partial charge on any atom is 0.409 e. The maximum atomic E-state index is 12.2. The molecule has 184 valence electrons. The summed E-state index contributed by atoms with van der Waals surface area (Å²) >= 11 is 0. The van der Waals surface area contributed by atoms with Crippen molar-refractivity contribution >= 4 is 34.4 Å². The van der Waals surface area contributed by atoms with E-state index in [0.29, 0.717) is 39.3 Å². The van der Waals surface area contributed by atoms with Crippen LogP contribution < -0.4 is 30.6 Å². The van der Waals surface area contributed by atoms with Crippen molar-refractivity contribution in [2.24, 2.45) is 5.73 Å². The smallest absolute Gasteiger partial charge is 0.409 e. The summed E-state index contributed by atoms with van der Waals surface area (Å²) in [5, 5.41) is 15.9. The molecule has 0 atom stereocenters. The molecule has 4 aromatic rings. The van der Waals surface area contributed by atoms with Crippen molar-refractivity contribution in [3.8, 4) is 23.1 Å². The Hall–Kier alpha value is -4.90. The second-order valence-electron chi connectivity index (χ2n) is 7.37. The third kappa shape index (κ3) is 5.59. The first-order valence-corrected chi connectivity index (χ1v) is 10.8. The molecule has 0 aliphatic rings. The molecule has 11 heteroatoms. The summed E-state index contributed by atoms with van der Waals surface area (Å²) in [6, 6.07) is 16.9. The molecule has 1 heterocycles. The number of nitrogens with zero attached hydrogens (tertiary/aromatic N) is 2. The Kier molecular flexibility index (Phi) is 7.42. The predicted molar refractivity (Wildman–Crippen MR) is 132 cm³/mol. The number of aliphatic hydroxyl groups is 1. The number of methoxy groups -OCH3 is 1. The molecule has 36 heavy (non-hydrogen) atoms. The average Bonchev–Trinajstić information content (AvgIpc) is 2.89. The predicted octanol–water partition coefficient (Wildman–Crippen LogP) is 3.35. The Morgan fingerprint density at radius 1 is 1.00 bits per heavy atom. The van der Waals surface area contributed by atoms with E-state index in [2.05, 4.69) is 20.6 Å². The number of hydrogen-bond donors (Lipinski definition) is 4. The highest BCUT2D eigenvalue weighted by Gasteiger charge is 2.13. The van der Waals surface area contributed by atoms with E-state index < -0.39 is 6.09 Å². The van der Waals surface area contributed by atoms with Crippen LogP contribution in [0.25, 0.3) is 10.8 Å². The second kappa shape index (κ2) is 11.0. The van der Waals surface area contributed by atoms with E-state index in [1.54, 1.807) is 42.5 Å². The van der Waals surface area contributed by atoms with Crippen LogP contribution >= 0.6 is 0 Å². The first kappa shape index (κ1) is 24.2. The first-order chi connectivity index (χ1) is 17.5. The van der Waals surface area contributed by atoms with E-state index in [1.807, 2.05) is 18.2 Å². The molecule has 0 aliphatic carbocycles. The number of aliphatic hydroxyl groups excluding tert-OH is 1. The minimum absolute atomic E-state index is 0.151. The Morgan fingerprint density at radius 3 is 2.47 bits per heavy atom. The number of amides is 2. The number of rotatable bonds is 9. The SMILES string of the molecule is COc1cc(C(=O)NCCO)ccc1Nc1nccc(Oc2ccc(OC(N)=O)c3ccccc23)n1. The van der Waals surface area contributed by atoms with Gasteiger partial charge in [0.1, 0.15) is 17.2 Å². The first-order valence-electron chi connectivity index (χ1n) is 10.8. The summed E-state index contributed by atoms with van der Waals surface area (Å²) in [6.07, 6.45) is 0.621. The summed E-state index contributed by atoms with van der Waals surface area (Å²) in [5.74, 6) is 1.37. The number of aromatic nitrogens is 2. The van der Waals surface area contributed by atoms with E-state index in [1.165, 1.54) is 13.3 Å². The van der Waals surface area contributed by atoms with Crippen LogP contribution in [0, 0.1) is 0 Å². The van der Waals surface area contributed by atoms with E-state index in [4.69, 9.17) is 25.1 Å². The van der Waals surface area contributed by atoms with Gasteiger partial charge in [-0.3, -0.25) is 4.79 Å². The summed E-state index contributed by atoms with van der Waals surface area (Å²) < 4.78 is 16.5. The summed E-state index contributed by atoms with van der Waals surface area (Å²) in [5.41, 5.74) is 6.07. The molecular formula is C25H23N5O6. The standard InChI is InChI=1S/C25H23N5O6/c1-34-21-14-15(23(32)27-12-13-31)6-7-18(21)29-25-28-11-10-22(30-25)35-19-8-9-20(36-24(26)33)17-5-3-2-4-16(17)19/h2-11,14,31H,12-13H2,1H3,(H2,26,33)(H,27,32)(H,28,29,30). The van der Waals surface area contributed by atoms with Crippen LogP contribution in [-0.2, 0) is 0 Å². The molecule has 0 fully saturated rings. The molecule has 1 aromatic heterocycles. The number of carbonyl (C=O) groups is 2. The number of hydrogen-bond acceptors (Lipinski definition) is 9.